The van der Waals surface area contributed by atoms with Gasteiger partial charge in [0.25, 0.3) is 0 Å². The van der Waals surface area contributed by atoms with Gasteiger partial charge in [0.2, 0.25) is 0 Å². The summed E-state index contributed by atoms with van der Waals surface area (Å²) < 4.78 is 6.50. The fraction of sp³-hybridized carbons (Fsp3) is 0.957. The zero-order valence-corrected chi connectivity index (χ0v) is 20.0. The number of hydrogen-bond acceptors (Lipinski definition) is 3. The van der Waals surface area contributed by atoms with Gasteiger partial charge in [-0.3, -0.25) is 0 Å². The van der Waals surface area contributed by atoms with Crippen molar-refractivity contribution in [1.29, 1.82) is 0 Å². The van der Waals surface area contributed by atoms with E-state index < -0.39 is 5.97 Å². The lowest BCUT2D eigenvalue weighted by Crippen LogP contribution is -2.44. The Morgan fingerprint density at radius 1 is 0.786 bits per heavy atom. The van der Waals surface area contributed by atoms with Crippen molar-refractivity contribution in [2.45, 2.75) is 109 Å². The number of rotatable bonds is 20. The van der Waals surface area contributed by atoms with Gasteiger partial charge < -0.3 is 19.1 Å². The van der Waals surface area contributed by atoms with Crippen molar-refractivity contribution in [3.63, 3.8) is 0 Å². The van der Waals surface area contributed by atoms with Crippen molar-refractivity contribution in [2.24, 2.45) is 0 Å². The molecule has 0 saturated heterocycles. The third-order valence-corrected chi connectivity index (χ3v) is 5.00. The van der Waals surface area contributed by atoms with Crippen LogP contribution in [0.3, 0.4) is 0 Å². The van der Waals surface area contributed by atoms with Gasteiger partial charge in [-0.1, -0.05) is 90.4 Å². The third kappa shape index (κ3) is 23.7. The molecule has 0 aliphatic rings. The highest BCUT2D eigenvalue weighted by Gasteiger charge is 2.18. The van der Waals surface area contributed by atoms with Crippen LogP contribution in [-0.2, 0) is 9.53 Å². The molecule has 0 radical (unpaired) electrons. The molecule has 0 aromatic heterocycles. The highest BCUT2D eigenvalue weighted by molar-refractivity contribution is 5.85. The predicted molar refractivity (Wildman–Crippen MR) is 120 cm³/mol. The van der Waals surface area contributed by atoms with Crippen molar-refractivity contribution in [1.82, 2.24) is 0 Å². The first-order chi connectivity index (χ1) is 12.8. The molecule has 0 aromatic rings. The van der Waals surface area contributed by atoms with Crippen molar-refractivity contribution < 1.29 is 19.1 Å². The first-order valence-corrected chi connectivity index (χ1v) is 11.5. The lowest BCUT2D eigenvalue weighted by atomic mass is 10.0. The molecule has 0 rings (SSSR count). The number of quaternary nitrogens is 1. The smallest absolute Gasteiger partial charge is 0.112 e. The number of likely N-dealkylation sites (N-methyl/N-ethyl adjacent to an activating group) is 1. The molecule has 4 nitrogen and oxygen atoms in total. The maximum Gasteiger partial charge on any atom is 0.112 e. The Morgan fingerprint density at radius 2 is 1.18 bits per heavy atom. The Kier molecular flexibility index (Phi) is 21.3. The average molecular weight is 422 g/mol. The van der Waals surface area contributed by atoms with Crippen LogP contribution in [0.15, 0.2) is 0 Å². The van der Waals surface area contributed by atoms with Gasteiger partial charge in [0.15, 0.2) is 0 Å². The van der Waals surface area contributed by atoms with E-state index in [9.17, 15) is 9.90 Å². The second-order valence-electron chi connectivity index (χ2n) is 9.14. The summed E-state index contributed by atoms with van der Waals surface area (Å²) in [6.07, 6.45) is 18.5. The van der Waals surface area contributed by atoms with Gasteiger partial charge >= 0.3 is 0 Å². The number of carboxylic acid groups (broad SMARTS) is 1. The molecular formula is C23H48ClNO3. The van der Waals surface area contributed by atoms with E-state index >= 15 is 0 Å². The van der Waals surface area contributed by atoms with Crippen LogP contribution in [0.4, 0.5) is 0 Å². The zero-order valence-electron chi connectivity index (χ0n) is 19.2. The minimum Gasteiger partial charge on any atom is -0.550 e. The molecule has 0 heterocycles. The van der Waals surface area contributed by atoms with E-state index in [1.165, 1.54) is 83.5 Å². The van der Waals surface area contributed by atoms with Crippen LogP contribution in [-0.4, -0.2) is 50.9 Å². The highest BCUT2D eigenvalue weighted by Crippen LogP contribution is 2.13. The molecule has 0 bridgehead atoms. The largest absolute Gasteiger partial charge is 0.550 e. The van der Waals surface area contributed by atoms with Crippen LogP contribution in [0.2, 0.25) is 0 Å². The quantitative estimate of drug-likeness (QED) is 0.202. The normalized spacial score (nSPS) is 12.6. The number of carbonyl (C=O) groups is 1. The standard InChI is InChI=1S/C23H47NO3.ClH/c1-5-6-7-8-9-10-11-12-13-14-15-16-17-18-19-27-22(20-23(25)26)21-24(2,3)4;/h22H,5-21H2,1-4H3;1H. The van der Waals surface area contributed by atoms with E-state index in [1.807, 2.05) is 0 Å². The molecule has 0 N–H and O–H groups in total. The summed E-state index contributed by atoms with van der Waals surface area (Å²) >= 11 is 0. The molecule has 1 atom stereocenters. The monoisotopic (exact) mass is 421 g/mol. The maximum atomic E-state index is 10.9. The Balaban J connectivity index is 0. The first-order valence-electron chi connectivity index (χ1n) is 11.5. The molecule has 0 aliphatic heterocycles. The maximum absolute atomic E-state index is 10.9. The van der Waals surface area contributed by atoms with Gasteiger partial charge in [-0.25, -0.2) is 0 Å². The molecule has 0 saturated carbocycles. The fourth-order valence-electron chi connectivity index (χ4n) is 3.52. The molecule has 1 unspecified atom stereocenters. The average Bonchev–Trinajstić information content (AvgIpc) is 2.56. The first kappa shape index (κ1) is 29.9. The summed E-state index contributed by atoms with van der Waals surface area (Å²) in [5.41, 5.74) is 0. The van der Waals surface area contributed by atoms with E-state index in [1.54, 1.807) is 0 Å². The van der Waals surface area contributed by atoms with E-state index in [0.717, 1.165) is 6.42 Å². The summed E-state index contributed by atoms with van der Waals surface area (Å²) in [6.45, 7) is 3.63. The summed E-state index contributed by atoms with van der Waals surface area (Å²) in [4.78, 5) is 10.9. The summed E-state index contributed by atoms with van der Waals surface area (Å²) in [7, 11) is 6.16. The molecule has 170 valence electrons. The van der Waals surface area contributed by atoms with Crippen LogP contribution in [0.1, 0.15) is 103 Å². The van der Waals surface area contributed by atoms with Gasteiger partial charge in [0.1, 0.15) is 12.6 Å². The van der Waals surface area contributed by atoms with Gasteiger partial charge in [-0.2, -0.15) is 0 Å². The van der Waals surface area contributed by atoms with Crippen molar-refractivity contribution >= 4 is 18.4 Å². The number of nitrogens with zero attached hydrogens (tertiary/aromatic N) is 1. The number of hydrogen-bond donors (Lipinski definition) is 0. The second kappa shape index (κ2) is 20.0. The Bertz CT molecular complexity index is 345. The number of halogens is 1. The van der Waals surface area contributed by atoms with E-state index in [0.29, 0.717) is 17.6 Å². The Hall–Kier alpha value is -0.320. The second-order valence-corrected chi connectivity index (χ2v) is 9.14. The summed E-state index contributed by atoms with van der Waals surface area (Å²) in [5, 5.41) is 10.9. The van der Waals surface area contributed by atoms with Crippen molar-refractivity contribution in [2.75, 3.05) is 34.3 Å². The summed E-state index contributed by atoms with van der Waals surface area (Å²) in [5.74, 6) is -1.02. The van der Waals surface area contributed by atoms with Crippen molar-refractivity contribution in [3.8, 4) is 0 Å². The van der Waals surface area contributed by atoms with E-state index in [2.05, 4.69) is 28.1 Å². The molecule has 0 amide bonds. The van der Waals surface area contributed by atoms with Crippen molar-refractivity contribution in [3.05, 3.63) is 0 Å². The minimum absolute atomic E-state index is 0. The topological polar surface area (TPSA) is 49.4 Å². The SMILES string of the molecule is CCCCCCCCCCCCCCCCOC(CC(=O)[O-])C[N+](C)(C)C.Cl. The Labute approximate surface area is 181 Å². The zero-order chi connectivity index (χ0) is 20.4. The van der Waals surface area contributed by atoms with E-state index in [4.69, 9.17) is 4.74 Å². The molecule has 0 aliphatic carbocycles. The van der Waals surface area contributed by atoms with Crippen LogP contribution in [0.25, 0.3) is 0 Å². The number of carboxylic acids is 1. The third-order valence-electron chi connectivity index (χ3n) is 5.00. The lowest BCUT2D eigenvalue weighted by Gasteiger charge is -2.29. The van der Waals surface area contributed by atoms with E-state index in [-0.39, 0.29) is 24.9 Å². The molecule has 0 spiro atoms. The van der Waals surface area contributed by atoms with Crippen LogP contribution >= 0.6 is 12.4 Å². The number of carbonyl (C=O) groups excluding carboxylic acids is 1. The molecule has 0 fully saturated rings. The Morgan fingerprint density at radius 3 is 1.54 bits per heavy atom. The van der Waals surface area contributed by atoms with Crippen LogP contribution in [0.5, 0.6) is 0 Å². The van der Waals surface area contributed by atoms with Gasteiger partial charge in [0.05, 0.1) is 21.1 Å². The molecule has 0 aromatic carbocycles. The lowest BCUT2D eigenvalue weighted by molar-refractivity contribution is -0.873. The van der Waals surface area contributed by atoms with Gasteiger partial charge in [-0.05, 0) is 6.42 Å². The molecule has 28 heavy (non-hydrogen) atoms. The van der Waals surface area contributed by atoms with Gasteiger partial charge in [-0.15, -0.1) is 12.4 Å². The summed E-state index contributed by atoms with van der Waals surface area (Å²) in [6, 6.07) is 0. The highest BCUT2D eigenvalue weighted by atomic mass is 35.5. The molecular weight excluding hydrogens is 374 g/mol. The molecule has 5 heteroatoms. The predicted octanol–water partition coefficient (Wildman–Crippen LogP) is 5.12. The number of ether oxygens (including phenoxy) is 1. The van der Waals surface area contributed by atoms with Gasteiger partial charge in [0, 0.05) is 19.0 Å². The van der Waals surface area contributed by atoms with Crippen LogP contribution < -0.4 is 5.11 Å². The number of aliphatic carboxylic acids is 1. The van der Waals surface area contributed by atoms with Crippen LogP contribution in [0, 0.1) is 0 Å². The fourth-order valence-corrected chi connectivity index (χ4v) is 3.52. The minimum atomic E-state index is -1.02. The number of unbranched alkanes of at least 4 members (excludes halogenated alkanes) is 13.